The Labute approximate surface area is 88.2 Å². The molecule has 3 nitrogen and oxygen atoms in total. The fraction of sp³-hybridized carbons (Fsp3) is 0. The first-order valence-electron chi connectivity index (χ1n) is 4.07. The molecule has 1 aromatic carbocycles. The van der Waals surface area contributed by atoms with Crippen LogP contribution in [0.15, 0.2) is 37.2 Å². The maximum absolute atomic E-state index is 5.85. The molecule has 14 heavy (non-hydrogen) atoms. The molecule has 0 saturated heterocycles. The lowest BCUT2D eigenvalue weighted by molar-refractivity contribution is 0.966. The van der Waals surface area contributed by atoms with Crippen molar-refractivity contribution in [1.82, 2.24) is 5.43 Å². The predicted molar refractivity (Wildman–Crippen MR) is 61.6 cm³/mol. The van der Waals surface area contributed by atoms with Gasteiger partial charge in [0.05, 0.1) is 0 Å². The fourth-order valence-corrected chi connectivity index (χ4v) is 1.18. The third-order valence-electron chi connectivity index (χ3n) is 1.65. The summed E-state index contributed by atoms with van der Waals surface area (Å²) < 4.78 is 0. The number of benzene rings is 1. The lowest BCUT2D eigenvalue weighted by Crippen LogP contribution is -2.13. The van der Waals surface area contributed by atoms with Crippen LogP contribution < -0.4 is 16.6 Å². The van der Waals surface area contributed by atoms with Gasteiger partial charge in [-0.25, -0.2) is 0 Å². The second-order valence-electron chi connectivity index (χ2n) is 2.58. The molecule has 4 N–H and O–H groups in total. The molecule has 0 unspecified atom stereocenters. The minimum Gasteiger partial charge on any atom is -0.360 e. The van der Waals surface area contributed by atoms with Crippen molar-refractivity contribution in [3.8, 4) is 0 Å². The molecule has 0 heterocycles. The molecule has 0 radical (unpaired) electrons. The van der Waals surface area contributed by atoms with Crippen molar-refractivity contribution in [2.45, 2.75) is 0 Å². The van der Waals surface area contributed by atoms with E-state index in [0.717, 1.165) is 11.3 Å². The molecule has 0 aliphatic rings. The first-order chi connectivity index (χ1) is 6.77. The summed E-state index contributed by atoms with van der Waals surface area (Å²) in [6.45, 7) is 3.70. The maximum Gasteiger partial charge on any atom is 0.0468 e. The van der Waals surface area contributed by atoms with Crippen LogP contribution in [-0.2, 0) is 0 Å². The highest BCUT2D eigenvalue weighted by atomic mass is 35.5. The van der Waals surface area contributed by atoms with Crippen molar-refractivity contribution in [2.75, 3.05) is 5.32 Å². The molecule has 0 atom stereocenters. The summed E-state index contributed by atoms with van der Waals surface area (Å²) in [5.41, 5.74) is 4.26. The molecule has 0 aliphatic carbocycles. The first-order valence-corrected chi connectivity index (χ1v) is 4.45. The van der Waals surface area contributed by atoms with E-state index in [2.05, 4.69) is 17.3 Å². The lowest BCUT2D eigenvalue weighted by atomic mass is 10.2. The van der Waals surface area contributed by atoms with Gasteiger partial charge in [-0.3, -0.25) is 5.84 Å². The Balaban J connectivity index is 2.87. The van der Waals surface area contributed by atoms with Crippen LogP contribution in [-0.4, -0.2) is 0 Å². The van der Waals surface area contributed by atoms with Gasteiger partial charge in [0.25, 0.3) is 0 Å². The average molecular weight is 210 g/mol. The van der Waals surface area contributed by atoms with Crippen molar-refractivity contribution < 1.29 is 0 Å². The molecular weight excluding hydrogens is 198 g/mol. The Morgan fingerprint density at radius 3 is 2.79 bits per heavy atom. The molecule has 1 aromatic rings. The Kier molecular flexibility index (Phi) is 4.04. The van der Waals surface area contributed by atoms with E-state index in [1.807, 2.05) is 18.2 Å². The molecule has 74 valence electrons. The predicted octanol–water partition coefficient (Wildman–Crippen LogP) is 2.33. The van der Waals surface area contributed by atoms with Gasteiger partial charge in [0.15, 0.2) is 0 Å². The highest BCUT2D eigenvalue weighted by molar-refractivity contribution is 6.30. The maximum atomic E-state index is 5.85. The van der Waals surface area contributed by atoms with E-state index in [9.17, 15) is 0 Å². The van der Waals surface area contributed by atoms with Crippen LogP contribution in [0.3, 0.4) is 0 Å². The number of nitrogens with two attached hydrogens (primary N) is 1. The van der Waals surface area contributed by atoms with Crippen molar-refractivity contribution >= 4 is 23.4 Å². The molecule has 0 saturated carbocycles. The van der Waals surface area contributed by atoms with E-state index in [0.29, 0.717) is 5.02 Å². The zero-order valence-corrected chi connectivity index (χ0v) is 8.38. The monoisotopic (exact) mass is 209 g/mol. The number of nitrogens with one attached hydrogen (secondary N) is 2. The largest absolute Gasteiger partial charge is 0.360 e. The second-order valence-corrected chi connectivity index (χ2v) is 3.02. The zero-order chi connectivity index (χ0) is 10.4. The first kappa shape index (κ1) is 10.6. The van der Waals surface area contributed by atoms with Gasteiger partial charge in [-0.15, -0.1) is 0 Å². The molecule has 0 aromatic heterocycles. The van der Waals surface area contributed by atoms with Gasteiger partial charge in [0.2, 0.25) is 0 Å². The van der Waals surface area contributed by atoms with Gasteiger partial charge in [-0.2, -0.15) is 0 Å². The van der Waals surface area contributed by atoms with E-state index >= 15 is 0 Å². The molecule has 1 rings (SSSR count). The van der Waals surface area contributed by atoms with Crippen molar-refractivity contribution in [3.63, 3.8) is 0 Å². The lowest BCUT2D eigenvalue weighted by Gasteiger charge is -2.05. The summed E-state index contributed by atoms with van der Waals surface area (Å²) in [5, 5.41) is 3.70. The third-order valence-corrected chi connectivity index (χ3v) is 1.89. The quantitative estimate of drug-likeness (QED) is 0.527. The molecule has 0 fully saturated rings. The summed E-state index contributed by atoms with van der Waals surface area (Å²) >= 11 is 5.85. The minimum atomic E-state index is 0.673. The van der Waals surface area contributed by atoms with E-state index < -0.39 is 0 Å². The highest BCUT2D eigenvalue weighted by Gasteiger charge is 1.97. The number of rotatable bonds is 4. The molecule has 0 bridgehead atoms. The molecule has 4 heteroatoms. The van der Waals surface area contributed by atoms with Gasteiger partial charge >= 0.3 is 0 Å². The number of hydrazine groups is 1. The summed E-state index contributed by atoms with van der Waals surface area (Å²) in [6.07, 6.45) is 5.01. The Morgan fingerprint density at radius 1 is 1.36 bits per heavy atom. The van der Waals surface area contributed by atoms with Crippen LogP contribution >= 0.6 is 11.6 Å². The van der Waals surface area contributed by atoms with Crippen molar-refractivity contribution in [2.24, 2.45) is 5.84 Å². The normalized spacial score (nSPS) is 10.1. The fourth-order valence-electron chi connectivity index (χ4n) is 1.01. The molecule has 0 spiro atoms. The summed E-state index contributed by atoms with van der Waals surface area (Å²) in [6, 6.07) is 5.52. The van der Waals surface area contributed by atoms with Crippen LogP contribution in [0.4, 0.5) is 5.69 Å². The topological polar surface area (TPSA) is 50.1 Å². The Hall–Kier alpha value is -1.45. The SMILES string of the molecule is C=Cc1ccc(Cl)cc1N/C=C\NN. The van der Waals surface area contributed by atoms with E-state index in [1.165, 1.54) is 0 Å². The minimum absolute atomic E-state index is 0.673. The third kappa shape index (κ3) is 2.80. The van der Waals surface area contributed by atoms with E-state index in [4.69, 9.17) is 17.4 Å². The number of hydrogen-bond donors (Lipinski definition) is 3. The summed E-state index contributed by atoms with van der Waals surface area (Å²) in [4.78, 5) is 0. The van der Waals surface area contributed by atoms with Gasteiger partial charge in [-0.05, 0) is 17.7 Å². The average Bonchev–Trinajstić information content (AvgIpc) is 2.19. The highest BCUT2D eigenvalue weighted by Crippen LogP contribution is 2.21. The van der Waals surface area contributed by atoms with E-state index in [-0.39, 0.29) is 0 Å². The van der Waals surface area contributed by atoms with Gasteiger partial charge in [0.1, 0.15) is 0 Å². The van der Waals surface area contributed by atoms with Crippen LogP contribution in [0.5, 0.6) is 0 Å². The van der Waals surface area contributed by atoms with Crippen LogP contribution in [0, 0.1) is 0 Å². The van der Waals surface area contributed by atoms with Crippen molar-refractivity contribution in [3.05, 3.63) is 47.8 Å². The van der Waals surface area contributed by atoms with Crippen LogP contribution in [0.1, 0.15) is 5.56 Å². The number of anilines is 1. The number of hydrogen-bond acceptors (Lipinski definition) is 3. The standard InChI is InChI=1S/C10H12ClN3/c1-2-8-3-4-9(11)7-10(8)13-5-6-14-12/h2-7,13-14H,1,12H2/b6-5-. The van der Waals surface area contributed by atoms with Gasteiger partial charge in [0, 0.05) is 23.1 Å². The molecule has 0 amide bonds. The number of halogens is 1. The van der Waals surface area contributed by atoms with Crippen LogP contribution in [0.2, 0.25) is 5.02 Å². The van der Waals surface area contributed by atoms with Gasteiger partial charge in [-0.1, -0.05) is 30.3 Å². The zero-order valence-electron chi connectivity index (χ0n) is 7.63. The smallest absolute Gasteiger partial charge is 0.0468 e. The van der Waals surface area contributed by atoms with Gasteiger partial charge < -0.3 is 10.7 Å². The van der Waals surface area contributed by atoms with Crippen LogP contribution in [0.25, 0.3) is 6.08 Å². The Bertz CT molecular complexity index is 347. The molecular formula is C10H12ClN3. The summed E-state index contributed by atoms with van der Waals surface area (Å²) in [7, 11) is 0. The summed E-state index contributed by atoms with van der Waals surface area (Å²) in [5.74, 6) is 5.07. The van der Waals surface area contributed by atoms with E-state index in [1.54, 1.807) is 18.5 Å². The van der Waals surface area contributed by atoms with Crippen molar-refractivity contribution in [1.29, 1.82) is 0 Å². The Morgan fingerprint density at radius 2 is 2.14 bits per heavy atom. The second kappa shape index (κ2) is 5.32. The molecule has 0 aliphatic heterocycles.